The molecule has 1 aromatic heterocycles. The van der Waals surface area contributed by atoms with Crippen LogP contribution in [0.1, 0.15) is 13.8 Å². The summed E-state index contributed by atoms with van der Waals surface area (Å²) in [5.41, 5.74) is 4.85. The van der Waals surface area contributed by atoms with Crippen molar-refractivity contribution in [1.82, 2.24) is 20.2 Å². The summed E-state index contributed by atoms with van der Waals surface area (Å²) < 4.78 is 0. The Balaban J connectivity index is 1.90. The number of nitrogens with two attached hydrogens (primary N) is 1. The Morgan fingerprint density at radius 3 is 2.48 bits per heavy atom. The highest BCUT2D eigenvalue weighted by Gasteiger charge is 2.33. The molecule has 0 radical (unpaired) electrons. The molecule has 0 aromatic carbocycles. The predicted molar refractivity (Wildman–Crippen MR) is 82.0 cm³/mol. The lowest BCUT2D eigenvalue weighted by Crippen LogP contribution is -2.61. The van der Waals surface area contributed by atoms with E-state index in [4.69, 9.17) is 5.73 Å². The van der Waals surface area contributed by atoms with E-state index in [1.807, 2.05) is 19.9 Å². The van der Waals surface area contributed by atoms with E-state index in [1.165, 1.54) is 0 Å². The van der Waals surface area contributed by atoms with Gasteiger partial charge in [-0.3, -0.25) is 9.69 Å². The number of amides is 1. The zero-order chi connectivity index (χ0) is 15.3. The number of rotatable bonds is 6. The number of anilines is 1. The Bertz CT molecular complexity index is 460. The second-order valence-corrected chi connectivity index (χ2v) is 5.54. The van der Waals surface area contributed by atoms with Crippen molar-refractivity contribution in [3.8, 4) is 0 Å². The summed E-state index contributed by atoms with van der Waals surface area (Å²) >= 11 is 0. The number of primary amides is 1. The molecule has 2 heterocycles. The molecular weight excluding hydrogens is 268 g/mol. The van der Waals surface area contributed by atoms with Crippen LogP contribution in [0.4, 0.5) is 5.95 Å². The minimum Gasteiger partial charge on any atom is -0.368 e. The molecule has 7 nitrogen and oxygen atoms in total. The molecule has 116 valence electrons. The van der Waals surface area contributed by atoms with Crippen LogP contribution in [0.15, 0.2) is 18.5 Å². The Labute approximate surface area is 125 Å². The van der Waals surface area contributed by atoms with Gasteiger partial charge in [0.1, 0.15) is 5.54 Å². The number of aromatic nitrogens is 2. The third-order valence-electron chi connectivity index (χ3n) is 3.86. The molecular formula is C14H24N6O. The fourth-order valence-corrected chi connectivity index (χ4v) is 2.62. The third kappa shape index (κ3) is 3.89. The molecule has 1 fully saturated rings. The predicted octanol–water partition coefficient (Wildman–Crippen LogP) is -0.548. The molecule has 2 rings (SSSR count). The minimum absolute atomic E-state index is 0.307. The molecule has 1 saturated heterocycles. The molecule has 1 aromatic rings. The standard InChI is InChI=1S/C14H24N6O/c1-3-18-14(2,12(15)21)11-19-7-9-20(10-8-19)13-16-5-4-6-17-13/h4-6,18H,3,7-11H2,1-2H3,(H2,15,21). The molecule has 0 spiro atoms. The summed E-state index contributed by atoms with van der Waals surface area (Å²) in [6.07, 6.45) is 3.51. The maximum Gasteiger partial charge on any atom is 0.238 e. The van der Waals surface area contributed by atoms with E-state index in [0.717, 1.165) is 38.7 Å². The molecule has 0 saturated carbocycles. The van der Waals surface area contributed by atoms with Crippen LogP contribution in [0.2, 0.25) is 0 Å². The van der Waals surface area contributed by atoms with Crippen molar-refractivity contribution in [3.05, 3.63) is 18.5 Å². The van der Waals surface area contributed by atoms with Gasteiger partial charge >= 0.3 is 0 Å². The Morgan fingerprint density at radius 1 is 1.33 bits per heavy atom. The van der Waals surface area contributed by atoms with Crippen LogP contribution >= 0.6 is 0 Å². The van der Waals surface area contributed by atoms with Crippen molar-refractivity contribution in [2.24, 2.45) is 5.73 Å². The average Bonchev–Trinajstić information content (AvgIpc) is 2.49. The first-order valence-electron chi connectivity index (χ1n) is 7.34. The molecule has 1 aliphatic rings. The van der Waals surface area contributed by atoms with Gasteiger partial charge in [-0.2, -0.15) is 0 Å². The average molecular weight is 292 g/mol. The monoisotopic (exact) mass is 292 g/mol. The van der Waals surface area contributed by atoms with E-state index in [-0.39, 0.29) is 5.91 Å². The van der Waals surface area contributed by atoms with Gasteiger partial charge in [-0.15, -0.1) is 0 Å². The maximum atomic E-state index is 11.7. The topological polar surface area (TPSA) is 87.4 Å². The maximum absolute atomic E-state index is 11.7. The first-order chi connectivity index (χ1) is 10.0. The Morgan fingerprint density at radius 2 is 1.95 bits per heavy atom. The van der Waals surface area contributed by atoms with Crippen LogP contribution in [0.3, 0.4) is 0 Å². The van der Waals surface area contributed by atoms with Crippen molar-refractivity contribution in [1.29, 1.82) is 0 Å². The van der Waals surface area contributed by atoms with Crippen LogP contribution in [-0.4, -0.2) is 65.6 Å². The van der Waals surface area contributed by atoms with Gasteiger partial charge in [0.15, 0.2) is 0 Å². The third-order valence-corrected chi connectivity index (χ3v) is 3.86. The van der Waals surface area contributed by atoms with Crippen molar-refractivity contribution in [2.75, 3.05) is 44.2 Å². The van der Waals surface area contributed by atoms with Gasteiger partial charge in [0.05, 0.1) is 0 Å². The van der Waals surface area contributed by atoms with E-state index in [9.17, 15) is 4.79 Å². The van der Waals surface area contributed by atoms with Crippen LogP contribution in [0, 0.1) is 0 Å². The highest BCUT2D eigenvalue weighted by atomic mass is 16.1. The van der Waals surface area contributed by atoms with Crippen molar-refractivity contribution in [3.63, 3.8) is 0 Å². The van der Waals surface area contributed by atoms with Gasteiger partial charge < -0.3 is 16.0 Å². The summed E-state index contributed by atoms with van der Waals surface area (Å²) in [4.78, 5) is 24.6. The number of likely N-dealkylation sites (N-methyl/N-ethyl adjacent to an activating group) is 1. The largest absolute Gasteiger partial charge is 0.368 e. The van der Waals surface area contributed by atoms with E-state index < -0.39 is 5.54 Å². The van der Waals surface area contributed by atoms with Gasteiger partial charge in [0.2, 0.25) is 11.9 Å². The lowest BCUT2D eigenvalue weighted by molar-refractivity contribution is -0.124. The van der Waals surface area contributed by atoms with Crippen molar-refractivity contribution >= 4 is 11.9 Å². The number of carbonyl (C=O) groups excluding carboxylic acids is 1. The summed E-state index contributed by atoms with van der Waals surface area (Å²) in [7, 11) is 0. The van der Waals surface area contributed by atoms with Gasteiger partial charge in [0.25, 0.3) is 0 Å². The van der Waals surface area contributed by atoms with E-state index in [2.05, 4.69) is 25.1 Å². The number of hydrogen-bond donors (Lipinski definition) is 2. The Kier molecular flexibility index (Phi) is 5.08. The Hall–Kier alpha value is -1.73. The molecule has 7 heteroatoms. The highest BCUT2D eigenvalue weighted by Crippen LogP contribution is 2.13. The molecule has 1 amide bonds. The van der Waals surface area contributed by atoms with Crippen LogP contribution in [-0.2, 0) is 4.79 Å². The number of nitrogens with zero attached hydrogens (tertiary/aromatic N) is 4. The second kappa shape index (κ2) is 6.82. The number of nitrogens with one attached hydrogen (secondary N) is 1. The molecule has 1 atom stereocenters. The quantitative estimate of drug-likeness (QED) is 0.732. The fourth-order valence-electron chi connectivity index (χ4n) is 2.62. The SMILES string of the molecule is CCNC(C)(CN1CCN(c2ncccn2)CC1)C(N)=O. The van der Waals surface area contributed by atoms with Gasteiger partial charge in [-0.05, 0) is 19.5 Å². The van der Waals surface area contributed by atoms with E-state index in [0.29, 0.717) is 6.54 Å². The van der Waals surface area contributed by atoms with E-state index >= 15 is 0 Å². The van der Waals surface area contributed by atoms with Gasteiger partial charge in [-0.1, -0.05) is 6.92 Å². The fraction of sp³-hybridized carbons (Fsp3) is 0.643. The van der Waals surface area contributed by atoms with Crippen LogP contribution in [0.5, 0.6) is 0 Å². The first kappa shape index (κ1) is 15.7. The van der Waals surface area contributed by atoms with Gasteiger partial charge in [-0.25, -0.2) is 9.97 Å². The number of piperazine rings is 1. The lowest BCUT2D eigenvalue weighted by Gasteiger charge is -2.39. The zero-order valence-corrected chi connectivity index (χ0v) is 12.7. The van der Waals surface area contributed by atoms with Crippen LogP contribution < -0.4 is 16.0 Å². The zero-order valence-electron chi connectivity index (χ0n) is 12.7. The first-order valence-corrected chi connectivity index (χ1v) is 7.34. The molecule has 0 aliphatic carbocycles. The molecule has 1 aliphatic heterocycles. The number of hydrogen-bond acceptors (Lipinski definition) is 6. The minimum atomic E-state index is -0.680. The normalized spacial score (nSPS) is 19.2. The summed E-state index contributed by atoms with van der Waals surface area (Å²) in [6.45, 7) is 8.63. The lowest BCUT2D eigenvalue weighted by atomic mass is 10.00. The van der Waals surface area contributed by atoms with Crippen LogP contribution in [0.25, 0.3) is 0 Å². The summed E-state index contributed by atoms with van der Waals surface area (Å²) in [6, 6.07) is 1.81. The second-order valence-electron chi connectivity index (χ2n) is 5.54. The summed E-state index contributed by atoms with van der Waals surface area (Å²) in [5.74, 6) is 0.458. The molecule has 0 bridgehead atoms. The highest BCUT2D eigenvalue weighted by molar-refractivity contribution is 5.84. The summed E-state index contributed by atoms with van der Waals surface area (Å²) in [5, 5.41) is 3.19. The van der Waals surface area contributed by atoms with Gasteiger partial charge in [0, 0.05) is 45.1 Å². The van der Waals surface area contributed by atoms with Crippen molar-refractivity contribution in [2.45, 2.75) is 19.4 Å². The van der Waals surface area contributed by atoms with Crippen molar-refractivity contribution < 1.29 is 4.79 Å². The number of carbonyl (C=O) groups is 1. The molecule has 3 N–H and O–H groups in total. The molecule has 21 heavy (non-hydrogen) atoms. The smallest absolute Gasteiger partial charge is 0.238 e. The van der Waals surface area contributed by atoms with E-state index in [1.54, 1.807) is 12.4 Å². The molecule has 1 unspecified atom stereocenters.